The smallest absolute Gasteiger partial charge is 0.249 e. The standard InChI is InChI=1S/C17H17BrFN5O/c1-2-16(24-10-13(18)7-21-24)17(25)22-14-8-20-23(11-14)9-12-5-3-4-6-15(12)19/h3-8,10-11,16H,2,9H2,1H3,(H,22,25). The highest BCUT2D eigenvalue weighted by Gasteiger charge is 2.20. The van der Waals surface area contributed by atoms with Gasteiger partial charge in [-0.1, -0.05) is 25.1 Å². The number of amides is 1. The second-order valence-electron chi connectivity index (χ2n) is 5.57. The third-order valence-corrected chi connectivity index (χ3v) is 4.18. The van der Waals surface area contributed by atoms with Crippen LogP contribution in [0.1, 0.15) is 24.9 Å². The number of hydrogen-bond acceptors (Lipinski definition) is 3. The predicted molar refractivity (Wildman–Crippen MR) is 95.6 cm³/mol. The summed E-state index contributed by atoms with van der Waals surface area (Å²) in [4.78, 5) is 12.5. The molecule has 2 heterocycles. The van der Waals surface area contributed by atoms with Gasteiger partial charge < -0.3 is 5.32 Å². The lowest BCUT2D eigenvalue weighted by molar-refractivity contribution is -0.119. The molecular weight excluding hydrogens is 389 g/mol. The van der Waals surface area contributed by atoms with Gasteiger partial charge in [0, 0.05) is 18.0 Å². The van der Waals surface area contributed by atoms with E-state index in [0.717, 1.165) is 4.47 Å². The molecule has 0 radical (unpaired) electrons. The molecule has 0 spiro atoms. The molecule has 1 amide bonds. The van der Waals surface area contributed by atoms with Crippen LogP contribution in [0.25, 0.3) is 0 Å². The molecule has 0 aliphatic rings. The molecule has 6 nitrogen and oxygen atoms in total. The van der Waals surface area contributed by atoms with Crippen molar-refractivity contribution in [2.45, 2.75) is 25.9 Å². The van der Waals surface area contributed by atoms with Gasteiger partial charge in [-0.05, 0) is 28.4 Å². The number of halogens is 2. The second kappa shape index (κ2) is 7.60. The maximum absolute atomic E-state index is 13.7. The third-order valence-electron chi connectivity index (χ3n) is 3.77. The lowest BCUT2D eigenvalue weighted by Crippen LogP contribution is -2.25. The predicted octanol–water partition coefficient (Wildman–Crippen LogP) is 3.62. The molecule has 8 heteroatoms. The molecule has 0 aliphatic heterocycles. The molecule has 1 N–H and O–H groups in total. The number of carbonyl (C=O) groups is 1. The fourth-order valence-corrected chi connectivity index (χ4v) is 2.82. The summed E-state index contributed by atoms with van der Waals surface area (Å²) in [6.07, 6.45) is 7.22. The zero-order valence-electron chi connectivity index (χ0n) is 13.6. The number of hydrogen-bond donors (Lipinski definition) is 1. The van der Waals surface area contributed by atoms with E-state index < -0.39 is 6.04 Å². The molecule has 130 valence electrons. The van der Waals surface area contributed by atoms with Gasteiger partial charge in [-0.15, -0.1) is 0 Å². The van der Waals surface area contributed by atoms with E-state index in [0.29, 0.717) is 24.2 Å². The van der Waals surface area contributed by atoms with Gasteiger partial charge in [-0.25, -0.2) is 4.39 Å². The first-order valence-corrected chi connectivity index (χ1v) is 8.62. The Kier molecular flexibility index (Phi) is 5.28. The highest BCUT2D eigenvalue weighted by atomic mass is 79.9. The first-order valence-electron chi connectivity index (χ1n) is 7.83. The fraction of sp³-hybridized carbons (Fsp3) is 0.235. The van der Waals surface area contributed by atoms with Crippen LogP contribution in [0.4, 0.5) is 10.1 Å². The Balaban J connectivity index is 1.68. The Labute approximate surface area is 152 Å². The van der Waals surface area contributed by atoms with Gasteiger partial charge in [0.25, 0.3) is 0 Å². The highest BCUT2D eigenvalue weighted by Crippen LogP contribution is 2.18. The number of anilines is 1. The van der Waals surface area contributed by atoms with E-state index >= 15 is 0 Å². The van der Waals surface area contributed by atoms with E-state index in [1.54, 1.807) is 52.4 Å². The number of nitrogens with one attached hydrogen (secondary N) is 1. The van der Waals surface area contributed by atoms with Gasteiger partial charge in [0.05, 0.1) is 29.1 Å². The molecule has 1 aromatic carbocycles. The van der Waals surface area contributed by atoms with Crippen molar-refractivity contribution in [3.63, 3.8) is 0 Å². The zero-order valence-corrected chi connectivity index (χ0v) is 15.1. The molecule has 2 aromatic heterocycles. The topological polar surface area (TPSA) is 64.7 Å². The average Bonchev–Trinajstić information content (AvgIpc) is 3.20. The molecule has 1 atom stereocenters. The van der Waals surface area contributed by atoms with Crippen LogP contribution in [0.5, 0.6) is 0 Å². The van der Waals surface area contributed by atoms with Crippen LogP contribution in [0.15, 0.2) is 53.5 Å². The van der Waals surface area contributed by atoms with E-state index in [1.807, 2.05) is 6.92 Å². The summed E-state index contributed by atoms with van der Waals surface area (Å²) in [7, 11) is 0. The molecule has 0 saturated carbocycles. The van der Waals surface area contributed by atoms with Crippen molar-refractivity contribution >= 4 is 27.5 Å². The molecule has 25 heavy (non-hydrogen) atoms. The van der Waals surface area contributed by atoms with Crippen LogP contribution in [-0.4, -0.2) is 25.5 Å². The number of rotatable bonds is 6. The normalized spacial score (nSPS) is 12.1. The number of benzene rings is 1. The van der Waals surface area contributed by atoms with Gasteiger partial charge in [0.2, 0.25) is 5.91 Å². The van der Waals surface area contributed by atoms with Crippen LogP contribution in [0.3, 0.4) is 0 Å². The molecular formula is C17H17BrFN5O. The van der Waals surface area contributed by atoms with Crippen molar-refractivity contribution in [2.24, 2.45) is 0 Å². The van der Waals surface area contributed by atoms with Gasteiger partial charge >= 0.3 is 0 Å². The van der Waals surface area contributed by atoms with Crippen LogP contribution in [0.2, 0.25) is 0 Å². The van der Waals surface area contributed by atoms with E-state index in [-0.39, 0.29) is 11.7 Å². The maximum Gasteiger partial charge on any atom is 0.249 e. The van der Waals surface area contributed by atoms with Gasteiger partial charge in [-0.3, -0.25) is 14.2 Å². The summed E-state index contributed by atoms with van der Waals surface area (Å²) in [5.41, 5.74) is 1.10. The van der Waals surface area contributed by atoms with Crippen LogP contribution >= 0.6 is 15.9 Å². The summed E-state index contributed by atoms with van der Waals surface area (Å²) in [5, 5.41) is 11.2. The molecule has 1 unspecified atom stereocenters. The van der Waals surface area contributed by atoms with Crippen molar-refractivity contribution in [3.05, 3.63) is 64.9 Å². The summed E-state index contributed by atoms with van der Waals surface area (Å²) < 4.78 is 17.7. The highest BCUT2D eigenvalue weighted by molar-refractivity contribution is 9.10. The summed E-state index contributed by atoms with van der Waals surface area (Å²) >= 11 is 3.33. The van der Waals surface area contributed by atoms with E-state index in [1.165, 1.54) is 6.07 Å². The number of nitrogens with zero attached hydrogens (tertiary/aromatic N) is 4. The molecule has 3 rings (SSSR count). The van der Waals surface area contributed by atoms with E-state index in [4.69, 9.17) is 0 Å². The summed E-state index contributed by atoms with van der Waals surface area (Å²) in [6.45, 7) is 2.22. The van der Waals surface area contributed by atoms with Crippen molar-refractivity contribution in [1.82, 2.24) is 19.6 Å². The minimum absolute atomic E-state index is 0.177. The number of aromatic nitrogens is 4. The minimum atomic E-state index is -0.416. The molecule has 0 fully saturated rings. The molecule has 0 bridgehead atoms. The van der Waals surface area contributed by atoms with E-state index in [9.17, 15) is 9.18 Å². The molecule has 0 saturated heterocycles. The van der Waals surface area contributed by atoms with Gasteiger partial charge in [0.1, 0.15) is 11.9 Å². The SMILES string of the molecule is CCC(C(=O)Nc1cnn(Cc2ccccc2F)c1)n1cc(Br)cn1. The Hall–Kier alpha value is -2.48. The van der Waals surface area contributed by atoms with Crippen LogP contribution in [0, 0.1) is 5.82 Å². The zero-order chi connectivity index (χ0) is 17.8. The molecule has 0 aliphatic carbocycles. The Bertz CT molecular complexity index is 875. The largest absolute Gasteiger partial charge is 0.322 e. The lowest BCUT2D eigenvalue weighted by Gasteiger charge is -2.14. The van der Waals surface area contributed by atoms with Crippen molar-refractivity contribution in [3.8, 4) is 0 Å². The fourth-order valence-electron chi connectivity index (χ4n) is 2.52. The van der Waals surface area contributed by atoms with E-state index in [2.05, 4.69) is 31.4 Å². The average molecular weight is 406 g/mol. The molecule has 3 aromatic rings. The first kappa shape index (κ1) is 17.3. The van der Waals surface area contributed by atoms with Crippen LogP contribution in [-0.2, 0) is 11.3 Å². The maximum atomic E-state index is 13.7. The first-order chi connectivity index (χ1) is 12.1. The van der Waals surface area contributed by atoms with Crippen molar-refractivity contribution in [2.75, 3.05) is 5.32 Å². The quantitative estimate of drug-likeness (QED) is 0.680. The van der Waals surface area contributed by atoms with Crippen molar-refractivity contribution in [1.29, 1.82) is 0 Å². The minimum Gasteiger partial charge on any atom is -0.322 e. The number of carbonyl (C=O) groups excluding carboxylic acids is 1. The Morgan fingerprint density at radius 2 is 2.08 bits per heavy atom. The second-order valence-corrected chi connectivity index (χ2v) is 6.49. The summed E-state index contributed by atoms with van der Waals surface area (Å²) in [6, 6.07) is 6.12. The van der Waals surface area contributed by atoms with Crippen molar-refractivity contribution < 1.29 is 9.18 Å². The lowest BCUT2D eigenvalue weighted by atomic mass is 10.2. The third kappa shape index (κ3) is 4.14. The van der Waals surface area contributed by atoms with Crippen LogP contribution < -0.4 is 5.32 Å². The monoisotopic (exact) mass is 405 g/mol. The van der Waals surface area contributed by atoms with Gasteiger partial charge in [0.15, 0.2) is 0 Å². The summed E-state index contributed by atoms with van der Waals surface area (Å²) in [5.74, 6) is -0.456. The Morgan fingerprint density at radius 1 is 1.28 bits per heavy atom. The van der Waals surface area contributed by atoms with Gasteiger partial charge in [-0.2, -0.15) is 10.2 Å². The Morgan fingerprint density at radius 3 is 2.76 bits per heavy atom.